The number of amides is 2. The van der Waals surface area contributed by atoms with Crippen molar-refractivity contribution < 1.29 is 19.1 Å². The Kier molecular flexibility index (Phi) is 5.21. The van der Waals surface area contributed by atoms with Crippen LogP contribution in [-0.2, 0) is 11.3 Å². The molecule has 1 aliphatic rings. The van der Waals surface area contributed by atoms with Crippen molar-refractivity contribution in [2.45, 2.75) is 13.5 Å². The van der Waals surface area contributed by atoms with Crippen LogP contribution < -0.4 is 25.7 Å². The number of benzene rings is 2. The van der Waals surface area contributed by atoms with Crippen LogP contribution in [0, 0.1) is 6.92 Å². The second-order valence-electron chi connectivity index (χ2n) is 6.82. The SMILES string of the molecule is Cc1ccc(=O)n(CC(=O)Nc2ccc(C(=O)Nc3ccc4c(c3)OCO4)cc2)c1. The number of nitrogens with zero attached hydrogens (tertiary/aromatic N) is 1. The average Bonchev–Trinajstić information content (AvgIpc) is 3.19. The van der Waals surface area contributed by atoms with Gasteiger partial charge in [0.15, 0.2) is 11.5 Å². The molecule has 1 aliphatic heterocycles. The molecule has 0 saturated carbocycles. The summed E-state index contributed by atoms with van der Waals surface area (Å²) in [5.41, 5.74) is 2.19. The van der Waals surface area contributed by atoms with E-state index in [-0.39, 0.29) is 30.7 Å². The van der Waals surface area contributed by atoms with Crippen LogP contribution >= 0.6 is 0 Å². The van der Waals surface area contributed by atoms with Crippen molar-refractivity contribution in [1.82, 2.24) is 4.57 Å². The first kappa shape index (κ1) is 19.3. The summed E-state index contributed by atoms with van der Waals surface area (Å²) in [5, 5.41) is 5.51. The van der Waals surface area contributed by atoms with Gasteiger partial charge < -0.3 is 24.7 Å². The maximum atomic E-state index is 12.4. The number of rotatable bonds is 5. The molecule has 8 nitrogen and oxygen atoms in total. The number of fused-ring (bicyclic) bond motifs is 1. The van der Waals surface area contributed by atoms with E-state index in [0.717, 1.165) is 5.56 Å². The number of aryl methyl sites for hydroxylation is 1. The van der Waals surface area contributed by atoms with Gasteiger partial charge in [-0.05, 0) is 48.9 Å². The van der Waals surface area contributed by atoms with Crippen molar-refractivity contribution in [3.8, 4) is 11.5 Å². The number of anilines is 2. The van der Waals surface area contributed by atoms with Gasteiger partial charge in [0, 0.05) is 35.3 Å². The van der Waals surface area contributed by atoms with Crippen molar-refractivity contribution in [2.24, 2.45) is 0 Å². The van der Waals surface area contributed by atoms with E-state index >= 15 is 0 Å². The van der Waals surface area contributed by atoms with Gasteiger partial charge >= 0.3 is 0 Å². The van der Waals surface area contributed by atoms with E-state index in [1.54, 1.807) is 54.7 Å². The van der Waals surface area contributed by atoms with E-state index < -0.39 is 0 Å². The molecule has 0 radical (unpaired) electrons. The third-order valence-corrected chi connectivity index (χ3v) is 4.51. The lowest BCUT2D eigenvalue weighted by atomic mass is 10.2. The van der Waals surface area contributed by atoms with Gasteiger partial charge in [-0.3, -0.25) is 14.4 Å². The second-order valence-corrected chi connectivity index (χ2v) is 6.82. The van der Waals surface area contributed by atoms with Crippen LogP contribution in [-0.4, -0.2) is 23.2 Å². The lowest BCUT2D eigenvalue weighted by Gasteiger charge is -2.09. The quantitative estimate of drug-likeness (QED) is 0.680. The fourth-order valence-corrected chi connectivity index (χ4v) is 3.01. The summed E-state index contributed by atoms with van der Waals surface area (Å²) in [7, 11) is 0. The molecule has 0 bridgehead atoms. The molecule has 2 amide bonds. The molecule has 8 heteroatoms. The smallest absolute Gasteiger partial charge is 0.255 e. The third-order valence-electron chi connectivity index (χ3n) is 4.51. The minimum Gasteiger partial charge on any atom is -0.454 e. The van der Waals surface area contributed by atoms with Gasteiger partial charge in [-0.15, -0.1) is 0 Å². The fourth-order valence-electron chi connectivity index (χ4n) is 3.01. The van der Waals surface area contributed by atoms with Crippen LogP contribution in [0.1, 0.15) is 15.9 Å². The molecule has 0 atom stereocenters. The van der Waals surface area contributed by atoms with Gasteiger partial charge in [-0.2, -0.15) is 0 Å². The summed E-state index contributed by atoms with van der Waals surface area (Å²) >= 11 is 0. The van der Waals surface area contributed by atoms with Crippen LogP contribution in [0.5, 0.6) is 11.5 Å². The topological polar surface area (TPSA) is 98.7 Å². The van der Waals surface area contributed by atoms with Gasteiger partial charge in [0.1, 0.15) is 6.54 Å². The Morgan fingerprint density at radius 1 is 0.933 bits per heavy atom. The molecule has 1 aromatic heterocycles. The first-order chi connectivity index (χ1) is 14.5. The van der Waals surface area contributed by atoms with Crippen LogP contribution in [0.3, 0.4) is 0 Å². The van der Waals surface area contributed by atoms with E-state index in [9.17, 15) is 14.4 Å². The molecule has 0 saturated heterocycles. The Bertz CT molecular complexity index is 1170. The number of carbonyl (C=O) groups is 2. The Morgan fingerprint density at radius 3 is 2.47 bits per heavy atom. The lowest BCUT2D eigenvalue weighted by Crippen LogP contribution is -2.26. The Hall–Kier alpha value is -4.07. The largest absolute Gasteiger partial charge is 0.454 e. The van der Waals surface area contributed by atoms with Crippen molar-refractivity contribution in [2.75, 3.05) is 17.4 Å². The number of pyridine rings is 1. The number of hydrogen-bond acceptors (Lipinski definition) is 5. The molecule has 2 heterocycles. The second kappa shape index (κ2) is 8.12. The number of hydrogen-bond donors (Lipinski definition) is 2. The molecule has 152 valence electrons. The molecule has 2 N–H and O–H groups in total. The zero-order valence-electron chi connectivity index (χ0n) is 16.2. The fraction of sp³-hybridized carbons (Fsp3) is 0.136. The van der Waals surface area contributed by atoms with E-state index in [1.807, 2.05) is 6.92 Å². The average molecular weight is 405 g/mol. The zero-order valence-corrected chi connectivity index (χ0v) is 16.2. The van der Waals surface area contributed by atoms with Gasteiger partial charge in [0.2, 0.25) is 12.7 Å². The first-order valence-electron chi connectivity index (χ1n) is 9.26. The highest BCUT2D eigenvalue weighted by Crippen LogP contribution is 2.34. The Labute approximate surface area is 172 Å². The van der Waals surface area contributed by atoms with E-state index in [2.05, 4.69) is 10.6 Å². The summed E-state index contributed by atoms with van der Waals surface area (Å²) in [4.78, 5) is 36.5. The monoisotopic (exact) mass is 405 g/mol. The van der Waals surface area contributed by atoms with Gasteiger partial charge in [-0.1, -0.05) is 6.07 Å². The number of nitrogens with one attached hydrogen (secondary N) is 2. The molecule has 0 unspecified atom stereocenters. The molecule has 3 aromatic rings. The van der Waals surface area contributed by atoms with Crippen LogP contribution in [0.25, 0.3) is 0 Å². The summed E-state index contributed by atoms with van der Waals surface area (Å²) in [6, 6.07) is 14.8. The first-order valence-corrected chi connectivity index (χ1v) is 9.26. The van der Waals surface area contributed by atoms with E-state index in [4.69, 9.17) is 9.47 Å². The third kappa shape index (κ3) is 4.33. The van der Waals surface area contributed by atoms with Crippen LogP contribution in [0.15, 0.2) is 65.6 Å². The van der Waals surface area contributed by atoms with Gasteiger partial charge in [-0.25, -0.2) is 0 Å². The highest BCUT2D eigenvalue weighted by atomic mass is 16.7. The molecule has 2 aromatic carbocycles. The maximum Gasteiger partial charge on any atom is 0.255 e. The Morgan fingerprint density at radius 2 is 1.67 bits per heavy atom. The van der Waals surface area contributed by atoms with Crippen molar-refractivity contribution in [3.05, 3.63) is 82.3 Å². The summed E-state index contributed by atoms with van der Waals surface area (Å²) < 4.78 is 11.9. The van der Waals surface area contributed by atoms with E-state index in [1.165, 1.54) is 10.6 Å². The highest BCUT2D eigenvalue weighted by Gasteiger charge is 2.15. The minimum atomic E-state index is -0.333. The summed E-state index contributed by atoms with van der Waals surface area (Å²) in [5.74, 6) is 0.595. The van der Waals surface area contributed by atoms with Gasteiger partial charge in [0.05, 0.1) is 0 Å². The molecule has 4 rings (SSSR count). The van der Waals surface area contributed by atoms with Crippen molar-refractivity contribution >= 4 is 23.2 Å². The van der Waals surface area contributed by atoms with Crippen molar-refractivity contribution in [3.63, 3.8) is 0 Å². The molecule has 30 heavy (non-hydrogen) atoms. The lowest BCUT2D eigenvalue weighted by molar-refractivity contribution is -0.116. The van der Waals surface area contributed by atoms with Crippen LogP contribution in [0.2, 0.25) is 0 Å². The zero-order chi connectivity index (χ0) is 21.1. The molecule has 0 fully saturated rings. The Balaban J connectivity index is 1.37. The summed E-state index contributed by atoms with van der Waals surface area (Å²) in [6.07, 6.45) is 1.63. The molecule has 0 spiro atoms. The van der Waals surface area contributed by atoms with Crippen LogP contribution in [0.4, 0.5) is 11.4 Å². The minimum absolute atomic E-state index is 0.0904. The molecular weight excluding hydrogens is 386 g/mol. The predicted molar refractivity (Wildman–Crippen MR) is 111 cm³/mol. The summed E-state index contributed by atoms with van der Waals surface area (Å²) in [6.45, 7) is 1.92. The normalized spacial score (nSPS) is 11.8. The standard InChI is InChI=1S/C22H19N3O5/c1-14-2-9-21(27)25(11-14)12-20(26)23-16-5-3-15(4-6-16)22(28)24-17-7-8-18-19(10-17)30-13-29-18/h2-11H,12-13H2,1H3,(H,23,26)(H,24,28). The van der Waals surface area contributed by atoms with E-state index in [0.29, 0.717) is 28.4 Å². The number of carbonyl (C=O) groups excluding carboxylic acids is 2. The van der Waals surface area contributed by atoms with Gasteiger partial charge in [0.25, 0.3) is 11.5 Å². The molecule has 0 aliphatic carbocycles. The highest BCUT2D eigenvalue weighted by molar-refractivity contribution is 6.04. The number of ether oxygens (including phenoxy) is 2. The number of aromatic nitrogens is 1. The maximum absolute atomic E-state index is 12.4. The van der Waals surface area contributed by atoms with Crippen molar-refractivity contribution in [1.29, 1.82) is 0 Å². The predicted octanol–water partition coefficient (Wildman–Crippen LogP) is 2.78. The molecular formula is C22H19N3O5.